The van der Waals surface area contributed by atoms with Gasteiger partial charge in [0.2, 0.25) is 0 Å². The first-order valence-electron chi connectivity index (χ1n) is 5.83. The molecule has 100 valence electrons. The van der Waals surface area contributed by atoms with Gasteiger partial charge in [-0.15, -0.1) is 0 Å². The molecule has 0 radical (unpaired) electrons. The first kappa shape index (κ1) is 13.7. The molecule has 0 fully saturated rings. The number of hydrogen-bond acceptors (Lipinski definition) is 3. The minimum absolute atomic E-state index is 0.0596. The number of nitrogens with zero attached hydrogens (tertiary/aromatic N) is 1. The predicted octanol–water partition coefficient (Wildman–Crippen LogP) is 3.20. The van der Waals surface area contributed by atoms with Gasteiger partial charge < -0.3 is 15.1 Å². The van der Waals surface area contributed by atoms with Crippen molar-refractivity contribution >= 4 is 27.5 Å². The predicted molar refractivity (Wildman–Crippen MR) is 77.8 cm³/mol. The Kier molecular flexibility index (Phi) is 3.95. The van der Waals surface area contributed by atoms with Crippen LogP contribution in [0.1, 0.15) is 21.7 Å². The highest BCUT2D eigenvalue weighted by molar-refractivity contribution is 9.10. The molecule has 4 nitrogen and oxygen atoms in total. The van der Waals surface area contributed by atoms with Crippen molar-refractivity contribution in [3.05, 3.63) is 51.9 Å². The van der Waals surface area contributed by atoms with E-state index >= 15 is 0 Å². The lowest BCUT2D eigenvalue weighted by atomic mass is 10.1. The molecule has 1 aromatic heterocycles. The summed E-state index contributed by atoms with van der Waals surface area (Å²) in [5.41, 5.74) is 7.96. The number of amides is 1. The summed E-state index contributed by atoms with van der Waals surface area (Å²) in [6, 6.07) is 8.93. The first-order valence-corrected chi connectivity index (χ1v) is 6.62. The van der Waals surface area contributed by atoms with E-state index in [1.54, 1.807) is 36.2 Å². The normalized spacial score (nSPS) is 10.5. The number of carbonyl (C=O) groups is 1. The van der Waals surface area contributed by atoms with Crippen LogP contribution in [-0.4, -0.2) is 17.9 Å². The van der Waals surface area contributed by atoms with Gasteiger partial charge in [-0.2, -0.15) is 0 Å². The molecule has 2 aromatic rings. The van der Waals surface area contributed by atoms with Gasteiger partial charge in [0.15, 0.2) is 4.67 Å². The molecule has 0 aliphatic carbocycles. The molecule has 0 aliphatic heterocycles. The average molecular weight is 323 g/mol. The highest BCUT2D eigenvalue weighted by Crippen LogP contribution is 2.17. The van der Waals surface area contributed by atoms with E-state index in [2.05, 4.69) is 15.9 Å². The van der Waals surface area contributed by atoms with E-state index in [1.165, 1.54) is 0 Å². The quantitative estimate of drug-likeness (QED) is 0.883. The Morgan fingerprint density at radius 2 is 2.11 bits per heavy atom. The van der Waals surface area contributed by atoms with Crippen molar-refractivity contribution in [1.82, 2.24) is 4.90 Å². The minimum atomic E-state index is -0.0596. The Morgan fingerprint density at radius 3 is 2.68 bits per heavy atom. The number of halogens is 1. The molecular formula is C14H15BrN2O2. The van der Waals surface area contributed by atoms with Gasteiger partial charge in [0.05, 0.1) is 6.54 Å². The van der Waals surface area contributed by atoms with Gasteiger partial charge in [-0.3, -0.25) is 4.79 Å². The molecule has 2 rings (SSSR count). The molecule has 19 heavy (non-hydrogen) atoms. The van der Waals surface area contributed by atoms with Crippen molar-refractivity contribution in [3.8, 4) is 0 Å². The standard InChI is InChI=1S/C14H15BrN2O2/c1-9-7-10(3-5-12(9)16)14(18)17(2)8-11-4-6-13(15)19-11/h3-7H,8,16H2,1-2H3. The zero-order chi connectivity index (χ0) is 14.0. The molecule has 0 saturated heterocycles. The third kappa shape index (κ3) is 3.17. The first-order chi connectivity index (χ1) is 8.97. The maximum absolute atomic E-state index is 12.3. The van der Waals surface area contributed by atoms with Crippen LogP contribution in [0.15, 0.2) is 39.4 Å². The molecule has 0 unspecified atom stereocenters. The molecule has 5 heteroatoms. The maximum atomic E-state index is 12.3. The summed E-state index contributed by atoms with van der Waals surface area (Å²) in [6.45, 7) is 2.31. The van der Waals surface area contributed by atoms with Crippen LogP contribution in [0, 0.1) is 6.92 Å². The summed E-state index contributed by atoms with van der Waals surface area (Å²) in [7, 11) is 1.74. The van der Waals surface area contributed by atoms with Gasteiger partial charge in [0.1, 0.15) is 5.76 Å². The number of aryl methyl sites for hydroxylation is 1. The molecule has 1 amide bonds. The van der Waals surface area contributed by atoms with Crippen LogP contribution in [0.4, 0.5) is 5.69 Å². The fourth-order valence-electron chi connectivity index (χ4n) is 1.77. The molecule has 0 spiro atoms. The second-order valence-corrected chi connectivity index (χ2v) is 5.22. The molecule has 0 atom stereocenters. The third-order valence-corrected chi connectivity index (χ3v) is 3.31. The lowest BCUT2D eigenvalue weighted by Crippen LogP contribution is -2.26. The van der Waals surface area contributed by atoms with E-state index in [0.29, 0.717) is 22.5 Å². The van der Waals surface area contributed by atoms with E-state index in [0.717, 1.165) is 11.3 Å². The zero-order valence-corrected chi connectivity index (χ0v) is 12.4. The lowest BCUT2D eigenvalue weighted by molar-refractivity contribution is 0.0775. The lowest BCUT2D eigenvalue weighted by Gasteiger charge is -2.16. The van der Waals surface area contributed by atoms with Gasteiger partial charge in [0.25, 0.3) is 5.91 Å². The van der Waals surface area contributed by atoms with Gasteiger partial charge in [-0.25, -0.2) is 0 Å². The Labute approximate surface area is 120 Å². The number of hydrogen-bond donors (Lipinski definition) is 1. The van der Waals surface area contributed by atoms with E-state index < -0.39 is 0 Å². The van der Waals surface area contributed by atoms with Gasteiger partial charge in [-0.05, 0) is 58.7 Å². The second-order valence-electron chi connectivity index (χ2n) is 4.44. The van der Waals surface area contributed by atoms with Crippen molar-refractivity contribution in [2.75, 3.05) is 12.8 Å². The van der Waals surface area contributed by atoms with Crippen LogP contribution in [0.25, 0.3) is 0 Å². The van der Waals surface area contributed by atoms with Crippen molar-refractivity contribution in [2.45, 2.75) is 13.5 Å². The Hall–Kier alpha value is -1.75. The SMILES string of the molecule is Cc1cc(C(=O)N(C)Cc2ccc(Br)o2)ccc1N. The fourth-order valence-corrected chi connectivity index (χ4v) is 2.11. The van der Waals surface area contributed by atoms with Gasteiger partial charge in [-0.1, -0.05) is 0 Å². The second kappa shape index (κ2) is 5.48. The topological polar surface area (TPSA) is 59.5 Å². The average Bonchev–Trinajstić information content (AvgIpc) is 2.77. The third-order valence-electron chi connectivity index (χ3n) is 2.89. The van der Waals surface area contributed by atoms with Crippen molar-refractivity contribution in [1.29, 1.82) is 0 Å². The van der Waals surface area contributed by atoms with Crippen molar-refractivity contribution in [2.24, 2.45) is 0 Å². The van der Waals surface area contributed by atoms with Crippen LogP contribution in [-0.2, 0) is 6.54 Å². The summed E-state index contributed by atoms with van der Waals surface area (Å²) >= 11 is 3.24. The van der Waals surface area contributed by atoms with Crippen LogP contribution in [0.3, 0.4) is 0 Å². The molecule has 2 N–H and O–H groups in total. The Balaban J connectivity index is 2.12. The van der Waals surface area contributed by atoms with Crippen molar-refractivity contribution in [3.63, 3.8) is 0 Å². The number of benzene rings is 1. The number of nitrogen functional groups attached to an aromatic ring is 1. The number of rotatable bonds is 3. The van der Waals surface area contributed by atoms with E-state index in [4.69, 9.17) is 10.2 Å². The van der Waals surface area contributed by atoms with Crippen molar-refractivity contribution < 1.29 is 9.21 Å². The summed E-state index contributed by atoms with van der Waals surface area (Å²) in [5, 5.41) is 0. The summed E-state index contributed by atoms with van der Waals surface area (Å²) < 4.78 is 6.04. The van der Waals surface area contributed by atoms with E-state index in [1.807, 2.05) is 13.0 Å². The number of nitrogens with two attached hydrogens (primary N) is 1. The molecular weight excluding hydrogens is 308 g/mol. The van der Waals surface area contributed by atoms with Gasteiger partial charge in [0, 0.05) is 18.3 Å². The maximum Gasteiger partial charge on any atom is 0.254 e. The van der Waals surface area contributed by atoms with Gasteiger partial charge >= 0.3 is 0 Å². The Morgan fingerprint density at radius 1 is 1.37 bits per heavy atom. The summed E-state index contributed by atoms with van der Waals surface area (Å²) in [4.78, 5) is 13.9. The zero-order valence-electron chi connectivity index (χ0n) is 10.8. The molecule has 0 aliphatic rings. The highest BCUT2D eigenvalue weighted by Gasteiger charge is 2.14. The fraction of sp³-hybridized carbons (Fsp3) is 0.214. The molecule has 1 aromatic carbocycles. The van der Waals surface area contributed by atoms with Crippen LogP contribution < -0.4 is 5.73 Å². The number of anilines is 1. The monoisotopic (exact) mass is 322 g/mol. The smallest absolute Gasteiger partial charge is 0.254 e. The molecule has 0 bridgehead atoms. The molecule has 0 saturated carbocycles. The van der Waals surface area contributed by atoms with Crippen LogP contribution in [0.5, 0.6) is 0 Å². The van der Waals surface area contributed by atoms with E-state index in [9.17, 15) is 4.79 Å². The number of furan rings is 1. The summed E-state index contributed by atoms with van der Waals surface area (Å²) in [5.74, 6) is 0.672. The molecule has 1 heterocycles. The Bertz CT molecular complexity index is 607. The highest BCUT2D eigenvalue weighted by atomic mass is 79.9. The largest absolute Gasteiger partial charge is 0.452 e. The van der Waals surface area contributed by atoms with E-state index in [-0.39, 0.29) is 5.91 Å². The van der Waals surface area contributed by atoms with Crippen LogP contribution >= 0.6 is 15.9 Å². The van der Waals surface area contributed by atoms with Crippen LogP contribution in [0.2, 0.25) is 0 Å². The minimum Gasteiger partial charge on any atom is -0.452 e. The number of carbonyl (C=O) groups excluding carboxylic acids is 1. The summed E-state index contributed by atoms with van der Waals surface area (Å²) in [6.07, 6.45) is 0.